The molecule has 6 heteroatoms. The van der Waals surface area contributed by atoms with E-state index in [4.69, 9.17) is 10.5 Å². The van der Waals surface area contributed by atoms with E-state index in [0.29, 0.717) is 5.92 Å². The number of methoxy groups -OCH3 is 1. The van der Waals surface area contributed by atoms with Gasteiger partial charge < -0.3 is 10.5 Å². The van der Waals surface area contributed by atoms with E-state index in [1.165, 1.54) is 7.11 Å². The average molecular weight is 318 g/mol. The lowest BCUT2D eigenvalue weighted by molar-refractivity contribution is -0.149. The monoisotopic (exact) mass is 318 g/mol. The van der Waals surface area contributed by atoms with Crippen LogP contribution in [0.15, 0.2) is 18.3 Å². The standard InChI is InChI=1S/C17H26N4O2/c1-23-17(22)14-6-11-21(12-7-14)20-9-4-13(5-10-20)16-15(18)3-2-8-19-16/h2-3,8,13-14H,4-7,9-12,18H2,1H3. The Bertz CT molecular complexity index is 535. The van der Waals surface area contributed by atoms with Crippen molar-refractivity contribution in [3.8, 4) is 0 Å². The summed E-state index contributed by atoms with van der Waals surface area (Å²) in [4.78, 5) is 16.1. The van der Waals surface area contributed by atoms with Crippen LogP contribution in [0.1, 0.15) is 37.3 Å². The summed E-state index contributed by atoms with van der Waals surface area (Å²) in [6.45, 7) is 3.94. The maximum absolute atomic E-state index is 11.6. The summed E-state index contributed by atoms with van der Waals surface area (Å²) < 4.78 is 4.85. The van der Waals surface area contributed by atoms with Gasteiger partial charge in [0.1, 0.15) is 0 Å². The minimum Gasteiger partial charge on any atom is -0.469 e. The highest BCUT2D eigenvalue weighted by molar-refractivity contribution is 5.72. The Morgan fingerprint density at radius 3 is 2.35 bits per heavy atom. The molecule has 2 aliphatic heterocycles. The van der Waals surface area contributed by atoms with E-state index < -0.39 is 0 Å². The summed E-state index contributed by atoms with van der Waals surface area (Å²) in [7, 11) is 1.48. The van der Waals surface area contributed by atoms with Gasteiger partial charge in [-0.2, -0.15) is 0 Å². The first-order chi connectivity index (χ1) is 11.2. The second-order valence-electron chi connectivity index (χ2n) is 6.46. The first kappa shape index (κ1) is 16.2. The lowest BCUT2D eigenvalue weighted by Crippen LogP contribution is -2.50. The number of anilines is 1. The molecule has 0 saturated carbocycles. The Morgan fingerprint density at radius 2 is 1.78 bits per heavy atom. The smallest absolute Gasteiger partial charge is 0.308 e. The topological polar surface area (TPSA) is 71.7 Å². The van der Waals surface area contributed by atoms with E-state index >= 15 is 0 Å². The van der Waals surface area contributed by atoms with E-state index in [0.717, 1.165) is 63.2 Å². The van der Waals surface area contributed by atoms with Crippen molar-refractivity contribution in [3.05, 3.63) is 24.0 Å². The quantitative estimate of drug-likeness (QED) is 0.854. The van der Waals surface area contributed by atoms with Gasteiger partial charge >= 0.3 is 5.97 Å². The van der Waals surface area contributed by atoms with Crippen LogP contribution < -0.4 is 5.73 Å². The van der Waals surface area contributed by atoms with Gasteiger partial charge in [-0.15, -0.1) is 0 Å². The minimum atomic E-state index is -0.0611. The molecule has 0 spiro atoms. The number of piperidine rings is 2. The fraction of sp³-hybridized carbons (Fsp3) is 0.647. The lowest BCUT2D eigenvalue weighted by atomic mass is 9.92. The fourth-order valence-corrected chi connectivity index (χ4v) is 3.74. The number of nitrogen functional groups attached to an aromatic ring is 1. The number of ether oxygens (including phenoxy) is 1. The maximum Gasteiger partial charge on any atom is 0.308 e. The van der Waals surface area contributed by atoms with Crippen LogP contribution >= 0.6 is 0 Å². The van der Waals surface area contributed by atoms with E-state index in [1.54, 1.807) is 0 Å². The van der Waals surface area contributed by atoms with Crippen LogP contribution in [0.4, 0.5) is 5.69 Å². The van der Waals surface area contributed by atoms with Crippen molar-refractivity contribution in [1.29, 1.82) is 0 Å². The predicted molar refractivity (Wildman–Crippen MR) is 88.5 cm³/mol. The van der Waals surface area contributed by atoms with Crippen molar-refractivity contribution in [2.24, 2.45) is 5.92 Å². The third kappa shape index (κ3) is 3.64. The summed E-state index contributed by atoms with van der Waals surface area (Å²) in [5.41, 5.74) is 7.92. The van der Waals surface area contributed by atoms with Crippen molar-refractivity contribution in [1.82, 2.24) is 15.0 Å². The zero-order valence-corrected chi connectivity index (χ0v) is 13.8. The third-order valence-corrected chi connectivity index (χ3v) is 5.14. The van der Waals surface area contributed by atoms with Crippen LogP contribution in [-0.2, 0) is 9.53 Å². The average Bonchev–Trinajstić information content (AvgIpc) is 2.62. The Labute approximate surface area is 137 Å². The second-order valence-corrected chi connectivity index (χ2v) is 6.46. The van der Waals surface area contributed by atoms with Gasteiger partial charge in [0.15, 0.2) is 0 Å². The molecule has 2 fully saturated rings. The van der Waals surface area contributed by atoms with Crippen LogP contribution in [0.3, 0.4) is 0 Å². The summed E-state index contributed by atoms with van der Waals surface area (Å²) in [5.74, 6) is 0.469. The van der Waals surface area contributed by atoms with Crippen LogP contribution in [0, 0.1) is 5.92 Å². The Kier molecular flexibility index (Phi) is 5.13. The molecule has 0 radical (unpaired) electrons. The lowest BCUT2D eigenvalue weighted by Gasteiger charge is -2.42. The van der Waals surface area contributed by atoms with Crippen molar-refractivity contribution in [2.45, 2.75) is 31.6 Å². The van der Waals surface area contributed by atoms with E-state index in [-0.39, 0.29) is 11.9 Å². The van der Waals surface area contributed by atoms with Gasteiger partial charge in [0.2, 0.25) is 0 Å². The molecule has 0 unspecified atom stereocenters. The number of aromatic nitrogens is 1. The number of rotatable bonds is 3. The highest BCUT2D eigenvalue weighted by Crippen LogP contribution is 2.31. The van der Waals surface area contributed by atoms with Gasteiger partial charge in [-0.1, -0.05) is 0 Å². The number of hydrogen-bond donors (Lipinski definition) is 1. The van der Waals surface area contributed by atoms with E-state index in [9.17, 15) is 4.79 Å². The molecule has 6 nitrogen and oxygen atoms in total. The highest BCUT2D eigenvalue weighted by Gasteiger charge is 2.31. The molecule has 3 rings (SSSR count). The van der Waals surface area contributed by atoms with Crippen molar-refractivity contribution in [3.63, 3.8) is 0 Å². The molecule has 126 valence electrons. The van der Waals surface area contributed by atoms with E-state index in [1.807, 2.05) is 18.3 Å². The molecule has 3 heterocycles. The Balaban J connectivity index is 1.50. The molecule has 1 aromatic heterocycles. The predicted octanol–water partition coefficient (Wildman–Crippen LogP) is 1.64. The Hall–Kier alpha value is -1.66. The first-order valence-electron chi connectivity index (χ1n) is 8.47. The molecular weight excluding hydrogens is 292 g/mol. The molecule has 2 aliphatic rings. The number of pyridine rings is 1. The SMILES string of the molecule is COC(=O)C1CCN(N2CCC(c3ncccc3N)CC2)CC1. The molecule has 0 atom stereocenters. The largest absolute Gasteiger partial charge is 0.469 e. The number of hydrazine groups is 1. The summed E-state index contributed by atoms with van der Waals surface area (Å²) in [6.07, 6.45) is 5.77. The van der Waals surface area contributed by atoms with Gasteiger partial charge in [0, 0.05) is 38.3 Å². The van der Waals surface area contributed by atoms with Crippen molar-refractivity contribution < 1.29 is 9.53 Å². The first-order valence-corrected chi connectivity index (χ1v) is 8.47. The number of nitrogens with two attached hydrogens (primary N) is 1. The summed E-state index contributed by atoms with van der Waals surface area (Å²) >= 11 is 0. The van der Waals surface area contributed by atoms with Gasteiger partial charge in [-0.3, -0.25) is 9.78 Å². The number of esters is 1. The fourth-order valence-electron chi connectivity index (χ4n) is 3.74. The molecule has 2 saturated heterocycles. The molecule has 23 heavy (non-hydrogen) atoms. The van der Waals surface area contributed by atoms with Gasteiger partial charge in [-0.05, 0) is 37.8 Å². The van der Waals surface area contributed by atoms with Crippen molar-refractivity contribution in [2.75, 3.05) is 39.0 Å². The van der Waals surface area contributed by atoms with Crippen LogP contribution in [0.25, 0.3) is 0 Å². The van der Waals surface area contributed by atoms with Gasteiger partial charge in [0.25, 0.3) is 0 Å². The van der Waals surface area contributed by atoms with Gasteiger partial charge in [-0.25, -0.2) is 10.0 Å². The highest BCUT2D eigenvalue weighted by atomic mass is 16.5. The second kappa shape index (κ2) is 7.27. The minimum absolute atomic E-state index is 0.0611. The normalized spacial score (nSPS) is 22.1. The summed E-state index contributed by atoms with van der Waals surface area (Å²) in [6, 6.07) is 3.83. The number of hydrogen-bond acceptors (Lipinski definition) is 6. The van der Waals surface area contributed by atoms with Crippen molar-refractivity contribution >= 4 is 11.7 Å². The molecule has 0 aromatic carbocycles. The zero-order valence-electron chi connectivity index (χ0n) is 13.8. The summed E-state index contributed by atoms with van der Waals surface area (Å²) in [5, 5.41) is 4.83. The van der Waals surface area contributed by atoms with Crippen LogP contribution in [-0.4, -0.2) is 54.3 Å². The third-order valence-electron chi connectivity index (χ3n) is 5.14. The molecule has 0 amide bonds. The molecule has 0 bridgehead atoms. The molecule has 2 N–H and O–H groups in total. The maximum atomic E-state index is 11.6. The van der Waals surface area contributed by atoms with Gasteiger partial charge in [0.05, 0.1) is 24.4 Å². The molecular formula is C17H26N4O2. The zero-order chi connectivity index (χ0) is 16.2. The molecule has 0 aliphatic carbocycles. The number of nitrogens with zero attached hydrogens (tertiary/aromatic N) is 3. The molecule has 1 aromatic rings. The Morgan fingerprint density at radius 1 is 1.17 bits per heavy atom. The van der Waals surface area contributed by atoms with E-state index in [2.05, 4.69) is 15.0 Å². The van der Waals surface area contributed by atoms with Crippen LogP contribution in [0.5, 0.6) is 0 Å². The van der Waals surface area contributed by atoms with Crippen LogP contribution in [0.2, 0.25) is 0 Å². The number of carbonyl (C=O) groups excluding carboxylic acids is 1. The number of carbonyl (C=O) groups is 1.